The Labute approximate surface area is 137 Å². The van der Waals surface area contributed by atoms with Crippen LogP contribution < -0.4 is 5.32 Å². The van der Waals surface area contributed by atoms with Crippen molar-refractivity contribution in [3.63, 3.8) is 0 Å². The molecule has 0 aliphatic carbocycles. The van der Waals surface area contributed by atoms with Gasteiger partial charge in [-0.3, -0.25) is 4.79 Å². The van der Waals surface area contributed by atoms with E-state index < -0.39 is 11.0 Å². The van der Waals surface area contributed by atoms with Gasteiger partial charge in [0.05, 0.1) is 12.0 Å². The van der Waals surface area contributed by atoms with Gasteiger partial charge in [-0.1, -0.05) is 30.3 Å². The summed E-state index contributed by atoms with van der Waals surface area (Å²) in [4.78, 5) is 12.6. The lowest BCUT2D eigenvalue weighted by molar-refractivity contribution is -0.126. The molecule has 1 amide bonds. The van der Waals surface area contributed by atoms with Crippen LogP contribution in [-0.4, -0.2) is 17.6 Å². The Morgan fingerprint density at radius 1 is 1.17 bits per heavy atom. The molecule has 0 radical (unpaired) electrons. The van der Waals surface area contributed by atoms with Crippen molar-refractivity contribution < 1.29 is 14.3 Å². The molecule has 1 aromatic heterocycles. The minimum atomic E-state index is -1.18. The number of hydrogen-bond donors (Lipinski definition) is 2. The minimum Gasteiger partial charge on any atom is -0.466 e. The van der Waals surface area contributed by atoms with E-state index in [1.807, 2.05) is 64.1 Å². The van der Waals surface area contributed by atoms with Crippen molar-refractivity contribution in [1.29, 1.82) is 0 Å². The van der Waals surface area contributed by atoms with Crippen LogP contribution in [0.2, 0.25) is 0 Å². The molecule has 0 aliphatic heterocycles. The molecular formula is C19H25NO3. The number of aryl methyl sites for hydroxylation is 2. The summed E-state index contributed by atoms with van der Waals surface area (Å²) in [5, 5.41) is 13.6. The molecule has 0 fully saturated rings. The molecule has 2 rings (SSSR count). The Hall–Kier alpha value is -2.07. The Morgan fingerprint density at radius 2 is 1.78 bits per heavy atom. The SMILES string of the molecule is Cc1cc(C(C)(O)CNC(=O)C(C)(C)c2ccccc2)c(C)o1. The number of rotatable bonds is 5. The van der Waals surface area contributed by atoms with Gasteiger partial charge in [-0.2, -0.15) is 0 Å². The van der Waals surface area contributed by atoms with Crippen LogP contribution in [-0.2, 0) is 15.8 Å². The second-order valence-electron chi connectivity index (χ2n) is 6.77. The van der Waals surface area contributed by atoms with E-state index in [1.54, 1.807) is 6.92 Å². The summed E-state index contributed by atoms with van der Waals surface area (Å²) >= 11 is 0. The first kappa shape index (κ1) is 17.3. The average Bonchev–Trinajstić information content (AvgIpc) is 2.85. The Morgan fingerprint density at radius 3 is 2.30 bits per heavy atom. The molecule has 0 bridgehead atoms. The van der Waals surface area contributed by atoms with E-state index in [0.29, 0.717) is 11.3 Å². The minimum absolute atomic E-state index is 0.123. The van der Waals surface area contributed by atoms with Crippen LogP contribution >= 0.6 is 0 Å². The van der Waals surface area contributed by atoms with Crippen molar-refractivity contribution in [3.8, 4) is 0 Å². The third-order valence-electron chi connectivity index (χ3n) is 4.28. The predicted octanol–water partition coefficient (Wildman–Crippen LogP) is 3.20. The Balaban J connectivity index is 2.10. The fourth-order valence-electron chi connectivity index (χ4n) is 2.72. The van der Waals surface area contributed by atoms with Gasteiger partial charge < -0.3 is 14.8 Å². The molecule has 4 nitrogen and oxygen atoms in total. The molecule has 23 heavy (non-hydrogen) atoms. The number of furan rings is 1. The second-order valence-corrected chi connectivity index (χ2v) is 6.77. The monoisotopic (exact) mass is 315 g/mol. The van der Waals surface area contributed by atoms with Crippen LogP contribution in [0, 0.1) is 13.8 Å². The first-order valence-corrected chi connectivity index (χ1v) is 7.78. The predicted molar refractivity (Wildman–Crippen MR) is 90.2 cm³/mol. The van der Waals surface area contributed by atoms with E-state index in [4.69, 9.17) is 4.42 Å². The molecule has 2 aromatic rings. The van der Waals surface area contributed by atoms with Gasteiger partial charge in [-0.25, -0.2) is 0 Å². The summed E-state index contributed by atoms with van der Waals surface area (Å²) in [7, 11) is 0. The van der Waals surface area contributed by atoms with E-state index in [-0.39, 0.29) is 12.5 Å². The molecule has 1 unspecified atom stereocenters. The third-order valence-corrected chi connectivity index (χ3v) is 4.28. The van der Waals surface area contributed by atoms with Crippen LogP contribution in [0.4, 0.5) is 0 Å². The van der Waals surface area contributed by atoms with Gasteiger partial charge in [-0.05, 0) is 46.2 Å². The smallest absolute Gasteiger partial charge is 0.230 e. The quantitative estimate of drug-likeness (QED) is 0.890. The first-order valence-electron chi connectivity index (χ1n) is 7.78. The highest BCUT2D eigenvalue weighted by molar-refractivity contribution is 5.87. The second kappa shape index (κ2) is 6.20. The van der Waals surface area contributed by atoms with Crippen LogP contribution in [0.3, 0.4) is 0 Å². The molecule has 0 spiro atoms. The maximum Gasteiger partial charge on any atom is 0.230 e. The number of nitrogens with one attached hydrogen (secondary N) is 1. The zero-order chi connectivity index (χ0) is 17.3. The lowest BCUT2D eigenvalue weighted by atomic mass is 9.83. The highest BCUT2D eigenvalue weighted by atomic mass is 16.3. The Kier molecular flexibility index (Phi) is 4.66. The molecular weight excluding hydrogens is 290 g/mol. The largest absolute Gasteiger partial charge is 0.466 e. The van der Waals surface area contributed by atoms with Gasteiger partial charge in [0.15, 0.2) is 0 Å². The van der Waals surface area contributed by atoms with E-state index in [0.717, 1.165) is 11.3 Å². The highest BCUT2D eigenvalue weighted by Crippen LogP contribution is 2.27. The number of benzene rings is 1. The zero-order valence-electron chi connectivity index (χ0n) is 14.4. The summed E-state index contributed by atoms with van der Waals surface area (Å²) < 4.78 is 5.47. The zero-order valence-corrected chi connectivity index (χ0v) is 14.4. The number of carbonyl (C=O) groups is 1. The van der Waals surface area contributed by atoms with Gasteiger partial charge in [0.25, 0.3) is 0 Å². The van der Waals surface area contributed by atoms with Crippen molar-refractivity contribution >= 4 is 5.91 Å². The van der Waals surface area contributed by atoms with E-state index in [2.05, 4.69) is 5.32 Å². The normalized spacial score (nSPS) is 14.3. The maximum atomic E-state index is 12.6. The molecule has 4 heteroatoms. The number of carbonyl (C=O) groups excluding carboxylic acids is 1. The lowest BCUT2D eigenvalue weighted by Crippen LogP contribution is -2.46. The molecule has 124 valence electrons. The fourth-order valence-corrected chi connectivity index (χ4v) is 2.72. The van der Waals surface area contributed by atoms with Crippen LogP contribution in [0.15, 0.2) is 40.8 Å². The van der Waals surface area contributed by atoms with E-state index in [1.165, 1.54) is 0 Å². The summed E-state index contributed by atoms with van der Waals surface area (Å²) in [6.07, 6.45) is 0. The molecule has 1 heterocycles. The van der Waals surface area contributed by atoms with Gasteiger partial charge in [0, 0.05) is 5.56 Å². The highest BCUT2D eigenvalue weighted by Gasteiger charge is 2.33. The fraction of sp³-hybridized carbons (Fsp3) is 0.421. The van der Waals surface area contributed by atoms with Crippen molar-refractivity contribution in [2.24, 2.45) is 0 Å². The number of amides is 1. The topological polar surface area (TPSA) is 62.5 Å². The van der Waals surface area contributed by atoms with Crippen molar-refractivity contribution in [2.75, 3.05) is 6.54 Å². The first-order chi connectivity index (χ1) is 10.6. The average molecular weight is 315 g/mol. The van der Waals surface area contributed by atoms with Crippen molar-refractivity contribution in [3.05, 3.63) is 59.0 Å². The van der Waals surface area contributed by atoms with Crippen molar-refractivity contribution in [2.45, 2.75) is 45.6 Å². The van der Waals surface area contributed by atoms with Crippen LogP contribution in [0.25, 0.3) is 0 Å². The molecule has 1 atom stereocenters. The molecule has 1 aromatic carbocycles. The molecule has 2 N–H and O–H groups in total. The van der Waals surface area contributed by atoms with Crippen LogP contribution in [0.1, 0.15) is 43.4 Å². The summed E-state index contributed by atoms with van der Waals surface area (Å²) in [6.45, 7) is 9.21. The van der Waals surface area contributed by atoms with E-state index >= 15 is 0 Å². The number of hydrogen-bond acceptors (Lipinski definition) is 3. The summed E-state index contributed by atoms with van der Waals surface area (Å²) in [5.74, 6) is 1.29. The van der Waals surface area contributed by atoms with Gasteiger partial charge in [0.2, 0.25) is 5.91 Å². The number of aliphatic hydroxyl groups is 1. The van der Waals surface area contributed by atoms with E-state index in [9.17, 15) is 9.90 Å². The standard InChI is InChI=1S/C19H25NO3/c1-13-11-16(14(2)23-13)19(5,22)12-20-17(21)18(3,4)15-9-7-6-8-10-15/h6-11,22H,12H2,1-5H3,(H,20,21). The molecule has 0 aliphatic rings. The summed E-state index contributed by atoms with van der Waals surface area (Å²) in [5.41, 5.74) is -0.205. The maximum absolute atomic E-state index is 12.6. The summed E-state index contributed by atoms with van der Waals surface area (Å²) in [6, 6.07) is 11.4. The molecule has 0 saturated carbocycles. The molecule has 0 saturated heterocycles. The van der Waals surface area contributed by atoms with Gasteiger partial charge in [0.1, 0.15) is 17.1 Å². The van der Waals surface area contributed by atoms with Crippen molar-refractivity contribution in [1.82, 2.24) is 5.32 Å². The van der Waals surface area contributed by atoms with Gasteiger partial charge >= 0.3 is 0 Å². The Bertz CT molecular complexity index is 684. The van der Waals surface area contributed by atoms with Crippen LogP contribution in [0.5, 0.6) is 0 Å². The van der Waals surface area contributed by atoms with Gasteiger partial charge in [-0.15, -0.1) is 0 Å². The third kappa shape index (κ3) is 3.64. The lowest BCUT2D eigenvalue weighted by Gasteiger charge is -2.28.